The highest BCUT2D eigenvalue weighted by Gasteiger charge is 2.29. The molecule has 3 rings (SSSR count). The Balaban J connectivity index is 1.44. The summed E-state index contributed by atoms with van der Waals surface area (Å²) in [6.07, 6.45) is 8.31. The minimum Gasteiger partial charge on any atom is -0.343 e. The van der Waals surface area contributed by atoms with Gasteiger partial charge in [0.1, 0.15) is 0 Å². The zero-order chi connectivity index (χ0) is 19.9. The number of pyridine rings is 1. The van der Waals surface area contributed by atoms with Crippen molar-refractivity contribution < 1.29 is 9.59 Å². The molecule has 6 nitrogen and oxygen atoms in total. The van der Waals surface area contributed by atoms with Crippen LogP contribution in [0.1, 0.15) is 57.4 Å². The molecule has 0 saturated carbocycles. The van der Waals surface area contributed by atoms with Gasteiger partial charge in [-0.2, -0.15) is 0 Å². The van der Waals surface area contributed by atoms with Crippen LogP contribution in [0.25, 0.3) is 0 Å². The lowest BCUT2D eigenvalue weighted by molar-refractivity contribution is -0.133. The van der Waals surface area contributed by atoms with Crippen molar-refractivity contribution in [2.24, 2.45) is 11.8 Å². The largest absolute Gasteiger partial charge is 0.343 e. The van der Waals surface area contributed by atoms with E-state index in [1.54, 1.807) is 0 Å². The predicted octanol–water partition coefficient (Wildman–Crippen LogP) is 3.26. The first kappa shape index (κ1) is 20.6. The highest BCUT2D eigenvalue weighted by Crippen LogP contribution is 2.28. The van der Waals surface area contributed by atoms with Crippen LogP contribution in [-0.2, 0) is 4.79 Å². The Morgan fingerprint density at radius 3 is 2.50 bits per heavy atom. The van der Waals surface area contributed by atoms with Crippen LogP contribution in [0.15, 0.2) is 24.5 Å². The monoisotopic (exact) mass is 386 g/mol. The number of nitrogens with zero attached hydrogens (tertiary/aromatic N) is 3. The van der Waals surface area contributed by atoms with Gasteiger partial charge in [0.05, 0.1) is 0 Å². The molecule has 154 valence electrons. The number of carbonyl (C=O) groups excluding carboxylic acids is 2. The maximum absolute atomic E-state index is 12.8. The number of aromatic nitrogens is 1. The Hall–Kier alpha value is -2.11. The number of amides is 3. The van der Waals surface area contributed by atoms with Gasteiger partial charge in [-0.25, -0.2) is 4.79 Å². The van der Waals surface area contributed by atoms with Crippen LogP contribution in [-0.4, -0.2) is 59.4 Å². The second kappa shape index (κ2) is 9.89. The van der Waals surface area contributed by atoms with Crippen molar-refractivity contribution in [2.45, 2.75) is 51.9 Å². The third kappa shape index (κ3) is 5.69. The molecule has 0 aliphatic carbocycles. The van der Waals surface area contributed by atoms with E-state index >= 15 is 0 Å². The van der Waals surface area contributed by atoms with E-state index in [1.165, 1.54) is 5.56 Å². The van der Waals surface area contributed by atoms with Crippen LogP contribution in [0.4, 0.5) is 4.79 Å². The Morgan fingerprint density at radius 1 is 1.11 bits per heavy atom. The molecule has 2 aliphatic heterocycles. The summed E-state index contributed by atoms with van der Waals surface area (Å²) in [6.45, 7) is 8.04. The summed E-state index contributed by atoms with van der Waals surface area (Å²) < 4.78 is 0. The van der Waals surface area contributed by atoms with Crippen molar-refractivity contribution in [3.8, 4) is 0 Å². The lowest BCUT2D eigenvalue weighted by Crippen LogP contribution is -2.47. The minimum absolute atomic E-state index is 0.0176. The molecule has 2 saturated heterocycles. The highest BCUT2D eigenvalue weighted by atomic mass is 16.2. The summed E-state index contributed by atoms with van der Waals surface area (Å²) in [6, 6.07) is 4.19. The number of nitrogens with one attached hydrogen (secondary N) is 1. The van der Waals surface area contributed by atoms with Crippen LogP contribution in [0.3, 0.4) is 0 Å². The van der Waals surface area contributed by atoms with Crippen molar-refractivity contribution >= 4 is 11.9 Å². The van der Waals surface area contributed by atoms with Gasteiger partial charge < -0.3 is 15.1 Å². The number of hydrogen-bond acceptors (Lipinski definition) is 3. The fourth-order valence-corrected chi connectivity index (χ4v) is 4.29. The van der Waals surface area contributed by atoms with E-state index < -0.39 is 0 Å². The molecule has 1 aromatic heterocycles. The van der Waals surface area contributed by atoms with Crippen LogP contribution in [0, 0.1) is 11.8 Å². The van der Waals surface area contributed by atoms with E-state index in [1.807, 2.05) is 22.2 Å². The summed E-state index contributed by atoms with van der Waals surface area (Å²) >= 11 is 0. The van der Waals surface area contributed by atoms with Crippen molar-refractivity contribution in [2.75, 3.05) is 32.7 Å². The van der Waals surface area contributed by atoms with E-state index in [0.717, 1.165) is 45.3 Å². The van der Waals surface area contributed by atoms with Gasteiger partial charge in [0.15, 0.2) is 0 Å². The fraction of sp³-hybridized carbons (Fsp3) is 0.682. The zero-order valence-corrected chi connectivity index (χ0v) is 17.3. The maximum atomic E-state index is 12.8. The molecule has 2 aliphatic rings. The molecule has 6 heteroatoms. The number of hydrogen-bond donors (Lipinski definition) is 1. The third-order valence-corrected chi connectivity index (χ3v) is 5.96. The minimum atomic E-state index is 0.0176. The standard InChI is InChI=1S/C22H34N4O2/c1-17(2)15-24-22(28)26-11-3-4-18(16-26)14-21(27)25-12-7-20(8-13-25)19-5-9-23-10-6-19/h5-6,9-10,17-18,20H,3-4,7-8,11-16H2,1-2H3,(H,24,28). The molecular weight excluding hydrogens is 352 g/mol. The molecule has 0 radical (unpaired) electrons. The lowest BCUT2D eigenvalue weighted by atomic mass is 9.89. The SMILES string of the molecule is CC(C)CNC(=O)N1CCCC(CC(=O)N2CCC(c3ccncc3)CC2)C1. The van der Waals surface area contributed by atoms with E-state index in [9.17, 15) is 9.59 Å². The lowest BCUT2D eigenvalue weighted by Gasteiger charge is -2.36. The smallest absolute Gasteiger partial charge is 0.317 e. The molecule has 3 amide bonds. The first-order chi connectivity index (χ1) is 13.5. The van der Waals surface area contributed by atoms with E-state index in [2.05, 4.69) is 36.3 Å². The van der Waals surface area contributed by atoms with Crippen LogP contribution >= 0.6 is 0 Å². The first-order valence-electron chi connectivity index (χ1n) is 10.7. The third-order valence-electron chi connectivity index (χ3n) is 5.96. The van der Waals surface area contributed by atoms with Crippen LogP contribution in [0.2, 0.25) is 0 Å². The number of carbonyl (C=O) groups is 2. The average molecular weight is 387 g/mol. The zero-order valence-electron chi connectivity index (χ0n) is 17.3. The number of rotatable bonds is 5. The number of urea groups is 1. The van der Waals surface area contributed by atoms with Gasteiger partial charge in [-0.05, 0) is 61.1 Å². The topological polar surface area (TPSA) is 65.5 Å². The fourth-order valence-electron chi connectivity index (χ4n) is 4.29. The van der Waals surface area contributed by atoms with Crippen molar-refractivity contribution in [3.63, 3.8) is 0 Å². The van der Waals surface area contributed by atoms with E-state index in [4.69, 9.17) is 0 Å². The first-order valence-corrected chi connectivity index (χ1v) is 10.7. The quantitative estimate of drug-likeness (QED) is 0.845. The number of piperidine rings is 2. The molecule has 0 bridgehead atoms. The van der Waals surface area contributed by atoms with E-state index in [0.29, 0.717) is 31.3 Å². The average Bonchev–Trinajstić information content (AvgIpc) is 2.73. The molecule has 3 heterocycles. The summed E-state index contributed by atoms with van der Waals surface area (Å²) in [5, 5.41) is 3.00. The molecule has 0 aromatic carbocycles. The van der Waals surface area contributed by atoms with Crippen molar-refractivity contribution in [1.82, 2.24) is 20.1 Å². The highest BCUT2D eigenvalue weighted by molar-refractivity contribution is 5.77. The molecule has 1 unspecified atom stereocenters. The van der Waals surface area contributed by atoms with Crippen LogP contribution < -0.4 is 5.32 Å². The predicted molar refractivity (Wildman–Crippen MR) is 110 cm³/mol. The second-order valence-corrected chi connectivity index (χ2v) is 8.67. The second-order valence-electron chi connectivity index (χ2n) is 8.67. The molecular formula is C22H34N4O2. The van der Waals surface area contributed by atoms with Crippen molar-refractivity contribution in [1.29, 1.82) is 0 Å². The van der Waals surface area contributed by atoms with E-state index in [-0.39, 0.29) is 17.9 Å². The van der Waals surface area contributed by atoms with Gasteiger partial charge in [0, 0.05) is 51.5 Å². The van der Waals surface area contributed by atoms with Crippen molar-refractivity contribution in [3.05, 3.63) is 30.1 Å². The summed E-state index contributed by atoms with van der Waals surface area (Å²) in [5.74, 6) is 1.51. The Bertz CT molecular complexity index is 641. The molecule has 2 fully saturated rings. The van der Waals surface area contributed by atoms with Gasteiger partial charge >= 0.3 is 6.03 Å². The Kier molecular flexibility index (Phi) is 7.29. The van der Waals surface area contributed by atoms with Crippen LogP contribution in [0.5, 0.6) is 0 Å². The maximum Gasteiger partial charge on any atom is 0.317 e. The molecule has 1 N–H and O–H groups in total. The summed E-state index contributed by atoms with van der Waals surface area (Å²) in [4.78, 5) is 33.1. The van der Waals surface area contributed by atoms with Gasteiger partial charge in [-0.3, -0.25) is 9.78 Å². The van der Waals surface area contributed by atoms with Gasteiger partial charge in [-0.15, -0.1) is 0 Å². The van der Waals surface area contributed by atoms with Gasteiger partial charge in [0.2, 0.25) is 5.91 Å². The van der Waals surface area contributed by atoms with Gasteiger partial charge in [0.25, 0.3) is 0 Å². The number of likely N-dealkylation sites (tertiary alicyclic amines) is 2. The normalized spacial score (nSPS) is 21.0. The Labute approximate surface area is 168 Å². The van der Waals surface area contributed by atoms with Gasteiger partial charge in [-0.1, -0.05) is 13.8 Å². The molecule has 0 spiro atoms. The molecule has 1 aromatic rings. The molecule has 28 heavy (non-hydrogen) atoms. The summed E-state index contributed by atoms with van der Waals surface area (Å²) in [5.41, 5.74) is 1.33. The Morgan fingerprint density at radius 2 is 1.82 bits per heavy atom. The summed E-state index contributed by atoms with van der Waals surface area (Å²) in [7, 11) is 0. The molecule has 1 atom stereocenters.